The van der Waals surface area contributed by atoms with E-state index in [4.69, 9.17) is 0 Å². The first-order valence-corrected chi connectivity index (χ1v) is 9.93. The number of carbonyl (C=O) groups excluding carboxylic acids is 1. The Morgan fingerprint density at radius 3 is 2.64 bits per heavy atom. The highest BCUT2D eigenvalue weighted by Crippen LogP contribution is 2.30. The number of anilines is 1. The monoisotopic (exact) mass is 402 g/mol. The highest BCUT2D eigenvalue weighted by atomic mass is 79.9. The third kappa shape index (κ3) is 3.64. The van der Waals surface area contributed by atoms with Crippen LogP contribution in [-0.2, 0) is 4.79 Å². The maximum atomic E-state index is 12.4. The lowest BCUT2D eigenvalue weighted by atomic mass is 9.93. The second kappa shape index (κ2) is 7.28. The molecule has 2 aliphatic heterocycles. The molecule has 1 aromatic carbocycles. The van der Waals surface area contributed by atoms with E-state index in [2.05, 4.69) is 36.9 Å². The number of fused-ring (bicyclic) bond motifs is 1. The zero-order valence-electron chi connectivity index (χ0n) is 14.3. The molecule has 0 aliphatic carbocycles. The van der Waals surface area contributed by atoms with Crippen molar-refractivity contribution in [3.63, 3.8) is 0 Å². The van der Waals surface area contributed by atoms with Gasteiger partial charge in [0.1, 0.15) is 12.1 Å². The number of hydrogen-bond donors (Lipinski definition) is 0. The Balaban J connectivity index is 1.42. The van der Waals surface area contributed by atoms with E-state index in [1.165, 1.54) is 12.8 Å². The fourth-order valence-electron chi connectivity index (χ4n) is 3.96. The van der Waals surface area contributed by atoms with Crippen molar-refractivity contribution < 1.29 is 4.79 Å². The van der Waals surface area contributed by atoms with Crippen molar-refractivity contribution >= 4 is 38.6 Å². The maximum Gasteiger partial charge on any atom is 0.222 e. The molecule has 1 amide bonds. The number of likely N-dealkylation sites (tertiary alicyclic amines) is 1. The Labute approximate surface area is 156 Å². The van der Waals surface area contributed by atoms with Gasteiger partial charge in [-0.25, -0.2) is 9.97 Å². The van der Waals surface area contributed by atoms with E-state index in [1.54, 1.807) is 6.33 Å². The molecule has 25 heavy (non-hydrogen) atoms. The van der Waals surface area contributed by atoms with Gasteiger partial charge < -0.3 is 9.80 Å². The molecular formula is C19H23BrN4O. The first-order chi connectivity index (χ1) is 12.2. The molecular weight excluding hydrogens is 380 g/mol. The van der Waals surface area contributed by atoms with Crippen molar-refractivity contribution in [1.82, 2.24) is 14.9 Å². The summed E-state index contributed by atoms with van der Waals surface area (Å²) in [6, 6.07) is 6.12. The summed E-state index contributed by atoms with van der Waals surface area (Å²) in [6.07, 6.45) is 6.80. The molecule has 0 atom stereocenters. The zero-order valence-corrected chi connectivity index (χ0v) is 15.9. The molecule has 2 aliphatic rings. The molecule has 132 valence electrons. The van der Waals surface area contributed by atoms with Gasteiger partial charge in [0.2, 0.25) is 5.91 Å². The largest absolute Gasteiger partial charge is 0.356 e. The molecule has 5 nitrogen and oxygen atoms in total. The Kier molecular flexibility index (Phi) is 4.88. The summed E-state index contributed by atoms with van der Waals surface area (Å²) in [5.41, 5.74) is 0.972. The van der Waals surface area contributed by atoms with Crippen LogP contribution < -0.4 is 4.90 Å². The molecule has 0 N–H and O–H groups in total. The summed E-state index contributed by atoms with van der Waals surface area (Å²) in [5.74, 6) is 1.87. The van der Waals surface area contributed by atoms with Gasteiger partial charge in [-0.15, -0.1) is 0 Å². The molecule has 2 fully saturated rings. The standard InChI is InChI=1S/C19H23BrN4O/c20-15-3-4-17-16(12-15)19(22-13-21-17)24-9-5-14(6-10-24)11-18(25)23-7-1-2-8-23/h3-4,12-14H,1-2,5-11H2. The lowest BCUT2D eigenvalue weighted by Gasteiger charge is -2.33. The SMILES string of the molecule is O=C(CC1CCN(c2ncnc3ccc(Br)cc23)CC1)N1CCCC1. The lowest BCUT2D eigenvalue weighted by molar-refractivity contribution is -0.131. The molecule has 0 unspecified atom stereocenters. The Bertz CT molecular complexity index is 767. The molecule has 3 heterocycles. The van der Waals surface area contributed by atoms with E-state index in [0.717, 1.165) is 60.2 Å². The normalized spacial score (nSPS) is 18.9. The van der Waals surface area contributed by atoms with Gasteiger partial charge in [0, 0.05) is 42.5 Å². The molecule has 1 aromatic heterocycles. The Morgan fingerprint density at radius 2 is 1.88 bits per heavy atom. The van der Waals surface area contributed by atoms with Crippen LogP contribution in [0.2, 0.25) is 0 Å². The summed E-state index contributed by atoms with van der Waals surface area (Å²) < 4.78 is 1.04. The summed E-state index contributed by atoms with van der Waals surface area (Å²) >= 11 is 3.54. The fraction of sp³-hybridized carbons (Fsp3) is 0.526. The summed E-state index contributed by atoms with van der Waals surface area (Å²) in [7, 11) is 0. The number of aromatic nitrogens is 2. The van der Waals surface area contributed by atoms with E-state index < -0.39 is 0 Å². The van der Waals surface area contributed by atoms with Crippen molar-refractivity contribution in [3.8, 4) is 0 Å². The first kappa shape index (κ1) is 16.8. The van der Waals surface area contributed by atoms with Crippen molar-refractivity contribution in [1.29, 1.82) is 0 Å². The smallest absolute Gasteiger partial charge is 0.222 e. The Morgan fingerprint density at radius 1 is 1.12 bits per heavy atom. The van der Waals surface area contributed by atoms with Crippen LogP contribution in [0.5, 0.6) is 0 Å². The molecule has 0 spiro atoms. The van der Waals surface area contributed by atoms with Gasteiger partial charge >= 0.3 is 0 Å². The third-order valence-electron chi connectivity index (χ3n) is 5.41. The minimum Gasteiger partial charge on any atom is -0.356 e. The number of amides is 1. The van der Waals surface area contributed by atoms with Crippen LogP contribution in [0.15, 0.2) is 29.0 Å². The molecule has 4 rings (SSSR count). The number of benzene rings is 1. The van der Waals surface area contributed by atoms with Crippen molar-refractivity contribution in [3.05, 3.63) is 29.0 Å². The second-order valence-corrected chi connectivity index (χ2v) is 8.00. The highest BCUT2D eigenvalue weighted by Gasteiger charge is 2.26. The molecule has 6 heteroatoms. The molecule has 0 radical (unpaired) electrons. The van der Waals surface area contributed by atoms with E-state index in [9.17, 15) is 4.79 Å². The predicted octanol–water partition coefficient (Wildman–Crippen LogP) is 3.62. The molecule has 2 saturated heterocycles. The van der Waals surface area contributed by atoms with Crippen molar-refractivity contribution in [2.24, 2.45) is 5.92 Å². The molecule has 0 saturated carbocycles. The van der Waals surface area contributed by atoms with Gasteiger partial charge in [-0.1, -0.05) is 15.9 Å². The van der Waals surface area contributed by atoms with Crippen LogP contribution >= 0.6 is 15.9 Å². The molecule has 0 bridgehead atoms. The van der Waals surface area contributed by atoms with E-state index in [0.29, 0.717) is 18.2 Å². The first-order valence-electron chi connectivity index (χ1n) is 9.14. The minimum atomic E-state index is 0.354. The Hall–Kier alpha value is -1.69. The number of hydrogen-bond acceptors (Lipinski definition) is 4. The average molecular weight is 403 g/mol. The van der Waals surface area contributed by atoms with Crippen LogP contribution in [-0.4, -0.2) is 47.0 Å². The summed E-state index contributed by atoms with van der Waals surface area (Å²) in [4.78, 5) is 25.7. The number of rotatable bonds is 3. The topological polar surface area (TPSA) is 49.3 Å². The number of carbonyl (C=O) groups is 1. The van der Waals surface area contributed by atoms with Crippen LogP contribution in [0.3, 0.4) is 0 Å². The van der Waals surface area contributed by atoms with Crippen molar-refractivity contribution in [2.75, 3.05) is 31.1 Å². The average Bonchev–Trinajstić information content (AvgIpc) is 3.17. The molecule has 2 aromatic rings. The van der Waals surface area contributed by atoms with Crippen LogP contribution in [0.25, 0.3) is 10.9 Å². The summed E-state index contributed by atoms with van der Waals surface area (Å²) in [5, 5.41) is 1.09. The van der Waals surface area contributed by atoms with Crippen LogP contribution in [0.4, 0.5) is 5.82 Å². The van der Waals surface area contributed by atoms with E-state index in [-0.39, 0.29) is 0 Å². The van der Waals surface area contributed by atoms with Gasteiger partial charge in [-0.2, -0.15) is 0 Å². The minimum absolute atomic E-state index is 0.354. The van der Waals surface area contributed by atoms with E-state index >= 15 is 0 Å². The van der Waals surface area contributed by atoms with Crippen molar-refractivity contribution in [2.45, 2.75) is 32.1 Å². The quantitative estimate of drug-likeness (QED) is 0.786. The van der Waals surface area contributed by atoms with Crippen LogP contribution in [0, 0.1) is 5.92 Å². The van der Waals surface area contributed by atoms with E-state index in [1.807, 2.05) is 17.0 Å². The van der Waals surface area contributed by atoms with Gasteiger partial charge in [0.25, 0.3) is 0 Å². The maximum absolute atomic E-state index is 12.4. The lowest BCUT2D eigenvalue weighted by Crippen LogP contribution is -2.37. The highest BCUT2D eigenvalue weighted by molar-refractivity contribution is 9.10. The van der Waals surface area contributed by atoms with Gasteiger partial charge in [0.05, 0.1) is 5.52 Å². The van der Waals surface area contributed by atoms with Gasteiger partial charge in [-0.3, -0.25) is 4.79 Å². The van der Waals surface area contributed by atoms with Gasteiger partial charge in [-0.05, 0) is 49.8 Å². The predicted molar refractivity (Wildman–Crippen MR) is 103 cm³/mol. The van der Waals surface area contributed by atoms with Crippen LogP contribution in [0.1, 0.15) is 32.1 Å². The summed E-state index contributed by atoms with van der Waals surface area (Å²) in [6.45, 7) is 3.83. The number of halogens is 1. The zero-order chi connectivity index (χ0) is 17.2. The number of nitrogens with zero attached hydrogens (tertiary/aromatic N) is 4. The van der Waals surface area contributed by atoms with Gasteiger partial charge in [0.15, 0.2) is 0 Å². The second-order valence-electron chi connectivity index (χ2n) is 7.08. The number of piperidine rings is 1. The fourth-order valence-corrected chi connectivity index (χ4v) is 4.32. The third-order valence-corrected chi connectivity index (χ3v) is 5.91.